The van der Waals surface area contributed by atoms with Gasteiger partial charge in [-0.25, -0.2) is 0 Å². The molecular formula is C20H32BrN3O4S. The Bertz CT molecular complexity index is 685. The van der Waals surface area contributed by atoms with Gasteiger partial charge in [-0.15, -0.1) is 11.8 Å². The summed E-state index contributed by atoms with van der Waals surface area (Å²) in [6.45, 7) is 6.39. The monoisotopic (exact) mass is 489 g/mol. The largest absolute Gasteiger partial charge is 0.396 e. The van der Waals surface area contributed by atoms with E-state index in [0.717, 1.165) is 12.8 Å². The van der Waals surface area contributed by atoms with Crippen LogP contribution in [0, 0.1) is 11.8 Å². The maximum atomic E-state index is 13.5. The topological polar surface area (TPSA) is 98.7 Å². The Hall–Kier alpha value is -0.800. The number of aliphatic hydroxyl groups excluding tert-OH is 1. The summed E-state index contributed by atoms with van der Waals surface area (Å²) in [4.78, 5) is 41.5. The molecule has 29 heavy (non-hydrogen) atoms. The Labute approximate surface area is 185 Å². The number of likely N-dealkylation sites (tertiary alicyclic amines) is 1. The molecule has 3 unspecified atom stereocenters. The quantitative estimate of drug-likeness (QED) is 0.369. The Morgan fingerprint density at radius 3 is 2.55 bits per heavy atom. The minimum absolute atomic E-state index is 0.00891. The van der Waals surface area contributed by atoms with Crippen molar-refractivity contribution in [2.24, 2.45) is 11.8 Å². The molecule has 2 bridgehead atoms. The molecule has 3 fully saturated rings. The number of hydrogen-bond acceptors (Lipinski definition) is 5. The fourth-order valence-electron chi connectivity index (χ4n) is 5.15. The van der Waals surface area contributed by atoms with Gasteiger partial charge in [-0.2, -0.15) is 0 Å². The van der Waals surface area contributed by atoms with Gasteiger partial charge in [-0.1, -0.05) is 15.9 Å². The number of amides is 3. The van der Waals surface area contributed by atoms with Crippen molar-refractivity contribution in [3.63, 3.8) is 0 Å². The molecule has 0 saturated carbocycles. The van der Waals surface area contributed by atoms with Crippen molar-refractivity contribution in [2.45, 2.75) is 72.9 Å². The standard InChI is InChI=1S/C20H32BrN3O4S/c1-19(2,3)23-17(27)15-20-10-11(21)14(29-20)12(16(26)22-4)13(20)18(28)24(15)8-6-5-7-9-25/h11-15,25H,5-10H2,1-4H3,(H,22,26)(H,23,27)/t11?,12-,13+,14-,15?,20?/m1/s1. The highest BCUT2D eigenvalue weighted by molar-refractivity contribution is 9.09. The Kier molecular flexibility index (Phi) is 6.61. The first-order valence-corrected chi connectivity index (χ1v) is 12.1. The van der Waals surface area contributed by atoms with E-state index in [0.29, 0.717) is 19.4 Å². The van der Waals surface area contributed by atoms with Crippen LogP contribution in [0.4, 0.5) is 0 Å². The number of carbonyl (C=O) groups excluding carboxylic acids is 3. The minimum atomic E-state index is -0.585. The molecule has 3 heterocycles. The fourth-order valence-corrected chi connectivity index (χ4v) is 8.76. The first-order valence-electron chi connectivity index (χ1n) is 10.3. The molecule has 164 valence electrons. The Morgan fingerprint density at radius 1 is 1.28 bits per heavy atom. The molecule has 1 spiro atoms. The van der Waals surface area contributed by atoms with E-state index in [9.17, 15) is 14.4 Å². The fraction of sp³-hybridized carbons (Fsp3) is 0.850. The summed E-state index contributed by atoms with van der Waals surface area (Å²) in [6.07, 6.45) is 2.89. The molecule has 3 saturated heterocycles. The van der Waals surface area contributed by atoms with Crippen molar-refractivity contribution in [3.8, 4) is 0 Å². The molecule has 7 nitrogen and oxygen atoms in total. The zero-order valence-electron chi connectivity index (χ0n) is 17.5. The highest BCUT2D eigenvalue weighted by Crippen LogP contribution is 2.67. The molecule has 0 radical (unpaired) electrons. The molecule has 0 aromatic carbocycles. The highest BCUT2D eigenvalue weighted by Gasteiger charge is 2.75. The summed E-state index contributed by atoms with van der Waals surface area (Å²) in [5.41, 5.74) is -0.410. The number of aliphatic hydroxyl groups is 1. The second-order valence-electron chi connectivity index (χ2n) is 9.33. The van der Waals surface area contributed by atoms with Crippen molar-refractivity contribution >= 4 is 45.4 Å². The van der Waals surface area contributed by atoms with E-state index in [1.807, 2.05) is 20.8 Å². The molecule has 0 aromatic heterocycles. The molecular weight excluding hydrogens is 458 g/mol. The molecule has 9 heteroatoms. The average Bonchev–Trinajstić information content (AvgIpc) is 3.20. The van der Waals surface area contributed by atoms with Crippen LogP contribution in [0.1, 0.15) is 46.5 Å². The zero-order chi connectivity index (χ0) is 21.6. The van der Waals surface area contributed by atoms with E-state index < -0.39 is 28.2 Å². The van der Waals surface area contributed by atoms with Crippen LogP contribution in [0.15, 0.2) is 0 Å². The van der Waals surface area contributed by atoms with Gasteiger partial charge in [0.25, 0.3) is 0 Å². The normalized spacial score (nSPS) is 35.7. The molecule has 0 aliphatic carbocycles. The molecule has 3 aliphatic heterocycles. The van der Waals surface area contributed by atoms with Gasteiger partial charge in [0.1, 0.15) is 6.04 Å². The van der Waals surface area contributed by atoms with Gasteiger partial charge in [0.15, 0.2) is 0 Å². The van der Waals surface area contributed by atoms with Crippen molar-refractivity contribution in [1.29, 1.82) is 0 Å². The second-order valence-corrected chi connectivity index (χ2v) is 12.0. The number of nitrogens with zero attached hydrogens (tertiary/aromatic N) is 1. The molecule has 3 N–H and O–H groups in total. The van der Waals surface area contributed by atoms with Gasteiger partial charge in [0, 0.05) is 35.8 Å². The van der Waals surface area contributed by atoms with E-state index in [4.69, 9.17) is 5.11 Å². The van der Waals surface area contributed by atoms with E-state index in [-0.39, 0.29) is 34.4 Å². The Morgan fingerprint density at radius 2 is 1.97 bits per heavy atom. The van der Waals surface area contributed by atoms with Crippen LogP contribution in [0.25, 0.3) is 0 Å². The molecule has 3 aliphatic rings. The van der Waals surface area contributed by atoms with E-state index in [1.165, 1.54) is 0 Å². The molecule has 3 amide bonds. The first kappa shape index (κ1) is 22.9. The number of alkyl halides is 1. The van der Waals surface area contributed by atoms with E-state index in [2.05, 4.69) is 26.6 Å². The number of rotatable bonds is 7. The van der Waals surface area contributed by atoms with E-state index >= 15 is 0 Å². The van der Waals surface area contributed by atoms with Gasteiger partial charge in [0.05, 0.1) is 16.6 Å². The van der Waals surface area contributed by atoms with Gasteiger partial charge in [-0.05, 0) is 46.5 Å². The van der Waals surface area contributed by atoms with Gasteiger partial charge >= 0.3 is 0 Å². The maximum absolute atomic E-state index is 13.5. The number of halogens is 1. The lowest BCUT2D eigenvalue weighted by atomic mass is 9.70. The number of hydrogen-bond donors (Lipinski definition) is 3. The minimum Gasteiger partial charge on any atom is -0.396 e. The summed E-state index contributed by atoms with van der Waals surface area (Å²) >= 11 is 5.38. The van der Waals surface area contributed by atoms with Crippen LogP contribution >= 0.6 is 27.7 Å². The number of fused-ring (bicyclic) bond motifs is 1. The van der Waals surface area contributed by atoms with Crippen molar-refractivity contribution < 1.29 is 19.5 Å². The smallest absolute Gasteiger partial charge is 0.244 e. The number of thioether (sulfide) groups is 1. The first-order chi connectivity index (χ1) is 13.6. The Balaban J connectivity index is 1.96. The van der Waals surface area contributed by atoms with Gasteiger partial charge in [0.2, 0.25) is 17.7 Å². The summed E-state index contributed by atoms with van der Waals surface area (Å²) < 4.78 is -0.584. The van der Waals surface area contributed by atoms with Crippen LogP contribution in [-0.2, 0) is 14.4 Å². The predicted octanol–water partition coefficient (Wildman–Crippen LogP) is 1.27. The van der Waals surface area contributed by atoms with Crippen LogP contribution in [0.2, 0.25) is 0 Å². The lowest BCUT2D eigenvalue weighted by Crippen LogP contribution is -2.57. The third-order valence-electron chi connectivity index (χ3n) is 6.14. The lowest BCUT2D eigenvalue weighted by Gasteiger charge is -2.36. The van der Waals surface area contributed by atoms with Crippen molar-refractivity contribution in [3.05, 3.63) is 0 Å². The van der Waals surface area contributed by atoms with Crippen molar-refractivity contribution in [1.82, 2.24) is 15.5 Å². The predicted molar refractivity (Wildman–Crippen MR) is 117 cm³/mol. The third kappa shape index (κ3) is 3.94. The summed E-state index contributed by atoms with van der Waals surface area (Å²) in [7, 11) is 1.60. The summed E-state index contributed by atoms with van der Waals surface area (Å²) in [5.74, 6) is -1.24. The van der Waals surface area contributed by atoms with Gasteiger partial charge in [-0.3, -0.25) is 14.4 Å². The number of unbranched alkanes of at least 4 members (excludes halogenated alkanes) is 2. The van der Waals surface area contributed by atoms with Crippen LogP contribution < -0.4 is 10.6 Å². The SMILES string of the molecule is CNC(=O)[C@H]1[C@@H]2SC3(CC2Br)C(C(=O)NC(C)(C)C)N(CCCCCO)C(=O)[C@H]13. The second kappa shape index (κ2) is 8.38. The average molecular weight is 490 g/mol. The third-order valence-corrected chi connectivity index (χ3v) is 9.36. The summed E-state index contributed by atoms with van der Waals surface area (Å²) in [6, 6.07) is -0.585. The lowest BCUT2D eigenvalue weighted by molar-refractivity contribution is -0.140. The van der Waals surface area contributed by atoms with Crippen molar-refractivity contribution in [2.75, 3.05) is 20.2 Å². The van der Waals surface area contributed by atoms with Crippen LogP contribution in [0.5, 0.6) is 0 Å². The van der Waals surface area contributed by atoms with Crippen LogP contribution in [-0.4, -0.2) is 74.3 Å². The molecule has 3 rings (SSSR count). The van der Waals surface area contributed by atoms with Gasteiger partial charge < -0.3 is 20.6 Å². The van der Waals surface area contributed by atoms with Crippen LogP contribution in [0.3, 0.4) is 0 Å². The molecule has 0 aromatic rings. The highest BCUT2D eigenvalue weighted by atomic mass is 79.9. The van der Waals surface area contributed by atoms with E-state index in [1.54, 1.807) is 23.7 Å². The zero-order valence-corrected chi connectivity index (χ0v) is 19.9. The summed E-state index contributed by atoms with van der Waals surface area (Å²) in [5, 5.41) is 14.8. The maximum Gasteiger partial charge on any atom is 0.244 e. The number of nitrogens with one attached hydrogen (secondary N) is 2. The molecule has 6 atom stereocenters. The number of carbonyl (C=O) groups is 3.